The number of hydrogen-bond donors (Lipinski definition) is 2. The number of carboxylic acids is 1. The molecule has 0 saturated carbocycles. The van der Waals surface area contributed by atoms with Crippen LogP contribution < -0.4 is 15.1 Å². The second kappa shape index (κ2) is 8.63. The normalized spacial score (nSPS) is 14.5. The highest BCUT2D eigenvalue weighted by Gasteiger charge is 2.26. The average Bonchev–Trinajstić information content (AvgIpc) is 2.79. The molecule has 3 aromatic rings. The number of aromatic nitrogens is 2. The van der Waals surface area contributed by atoms with Gasteiger partial charge in [0, 0.05) is 18.4 Å². The second-order valence-corrected chi connectivity index (χ2v) is 8.35. The van der Waals surface area contributed by atoms with Crippen molar-refractivity contribution in [2.24, 2.45) is 5.92 Å². The topological polar surface area (TPSA) is 105 Å². The van der Waals surface area contributed by atoms with Crippen LogP contribution in [0.25, 0.3) is 11.0 Å². The second-order valence-electron chi connectivity index (χ2n) is 8.35. The van der Waals surface area contributed by atoms with E-state index in [4.69, 9.17) is 4.74 Å². The maximum Gasteiger partial charge on any atom is 0.341 e. The molecule has 0 aliphatic carbocycles. The van der Waals surface area contributed by atoms with Crippen LogP contribution in [0.1, 0.15) is 42.2 Å². The molecule has 1 aromatic carbocycles. The van der Waals surface area contributed by atoms with Gasteiger partial charge >= 0.3 is 5.97 Å². The van der Waals surface area contributed by atoms with Crippen molar-refractivity contribution in [1.29, 1.82) is 0 Å². The van der Waals surface area contributed by atoms with Crippen LogP contribution in [0.2, 0.25) is 0 Å². The predicted octanol–water partition coefficient (Wildman–Crippen LogP) is 3.38. The van der Waals surface area contributed by atoms with Crippen molar-refractivity contribution < 1.29 is 19.7 Å². The molecular weight excluding hydrogens is 410 g/mol. The van der Waals surface area contributed by atoms with Gasteiger partial charge in [-0.2, -0.15) is 4.98 Å². The van der Waals surface area contributed by atoms with Gasteiger partial charge in [-0.25, -0.2) is 4.79 Å². The fourth-order valence-electron chi connectivity index (χ4n) is 4.40. The number of aliphatic hydroxyl groups is 1. The Kier molecular flexibility index (Phi) is 5.88. The number of aromatic carboxylic acids is 1. The number of methoxy groups -OCH3 is 1. The average molecular weight is 437 g/mol. The van der Waals surface area contributed by atoms with Gasteiger partial charge in [0.1, 0.15) is 16.9 Å². The summed E-state index contributed by atoms with van der Waals surface area (Å²) in [5.41, 5.74) is 2.16. The molecule has 32 heavy (non-hydrogen) atoms. The number of para-hydroxylation sites is 1. The van der Waals surface area contributed by atoms with E-state index in [1.807, 2.05) is 32.0 Å². The molecular formula is C24H27N3O5. The van der Waals surface area contributed by atoms with E-state index in [0.717, 1.165) is 25.1 Å². The summed E-state index contributed by atoms with van der Waals surface area (Å²) >= 11 is 0. The lowest BCUT2D eigenvalue weighted by atomic mass is 10.0. The Morgan fingerprint density at radius 2 is 2.00 bits per heavy atom. The minimum absolute atomic E-state index is 0.0196. The number of anilines is 2. The summed E-state index contributed by atoms with van der Waals surface area (Å²) < 4.78 is 7.21. The lowest BCUT2D eigenvalue weighted by Crippen LogP contribution is -2.28. The van der Waals surface area contributed by atoms with Crippen molar-refractivity contribution in [2.45, 2.75) is 32.7 Å². The van der Waals surface area contributed by atoms with Crippen LogP contribution in [0.5, 0.6) is 5.88 Å². The monoisotopic (exact) mass is 437 g/mol. The summed E-state index contributed by atoms with van der Waals surface area (Å²) in [5.74, 6) is -0.994. The lowest BCUT2D eigenvalue weighted by Gasteiger charge is -2.32. The molecule has 2 N–H and O–H groups in total. The van der Waals surface area contributed by atoms with Gasteiger partial charge in [-0.3, -0.25) is 4.79 Å². The van der Waals surface area contributed by atoms with E-state index in [1.54, 1.807) is 10.6 Å². The van der Waals surface area contributed by atoms with Gasteiger partial charge in [-0.05, 0) is 36.5 Å². The van der Waals surface area contributed by atoms with E-state index in [-0.39, 0.29) is 23.5 Å². The van der Waals surface area contributed by atoms with Crippen molar-refractivity contribution >= 4 is 28.4 Å². The Bertz CT molecular complexity index is 1230. The Morgan fingerprint density at radius 3 is 2.66 bits per heavy atom. The number of benzene rings is 1. The summed E-state index contributed by atoms with van der Waals surface area (Å²) in [6.07, 6.45) is 3.16. The van der Waals surface area contributed by atoms with Gasteiger partial charge in [0.15, 0.2) is 0 Å². The number of aryl methyl sites for hydroxylation is 1. The van der Waals surface area contributed by atoms with E-state index in [0.29, 0.717) is 17.2 Å². The minimum atomic E-state index is -1.31. The lowest BCUT2D eigenvalue weighted by molar-refractivity contribution is 0.0694. The van der Waals surface area contributed by atoms with Gasteiger partial charge in [0.25, 0.3) is 0 Å². The summed E-state index contributed by atoms with van der Waals surface area (Å²) in [7, 11) is 1.52. The van der Waals surface area contributed by atoms with Crippen LogP contribution >= 0.6 is 0 Å². The summed E-state index contributed by atoms with van der Waals surface area (Å²) in [6, 6.07) is 9.27. The number of carbonyl (C=O) groups is 1. The standard InChI is InChI=1S/C24H27N3O5/c1-14(2)20(13-28)27-12-17(24(30)31)21(29)16-11-19(23(32-3)25-22(16)27)26-10-6-8-15-7-4-5-9-18(15)26/h4-5,7,9,11-12,14,20,28H,6,8,10,13H2,1-3H3,(H,30,31)/t20-/m1/s1. The van der Waals surface area contributed by atoms with Crippen LogP contribution in [-0.2, 0) is 6.42 Å². The summed E-state index contributed by atoms with van der Waals surface area (Å²) in [6.45, 7) is 4.33. The first-order valence-electron chi connectivity index (χ1n) is 10.7. The molecule has 0 spiro atoms. The van der Waals surface area contributed by atoms with Crippen molar-refractivity contribution in [2.75, 3.05) is 25.2 Å². The maximum atomic E-state index is 13.1. The molecule has 1 aliphatic heterocycles. The molecule has 4 rings (SSSR count). The molecule has 8 nitrogen and oxygen atoms in total. The third-order valence-electron chi connectivity index (χ3n) is 6.09. The zero-order chi connectivity index (χ0) is 23.0. The van der Waals surface area contributed by atoms with Gasteiger partial charge in [-0.15, -0.1) is 0 Å². The van der Waals surface area contributed by atoms with Crippen LogP contribution in [-0.4, -0.2) is 46.0 Å². The number of pyridine rings is 2. The van der Waals surface area contributed by atoms with E-state index >= 15 is 0 Å². The number of aliphatic hydroxyl groups excluding tert-OH is 1. The van der Waals surface area contributed by atoms with Crippen LogP contribution in [0, 0.1) is 5.92 Å². The number of rotatable bonds is 6. The van der Waals surface area contributed by atoms with Gasteiger partial charge in [0.05, 0.1) is 25.1 Å². The van der Waals surface area contributed by atoms with Crippen molar-refractivity contribution in [3.05, 3.63) is 57.9 Å². The van der Waals surface area contributed by atoms with E-state index in [2.05, 4.69) is 16.0 Å². The van der Waals surface area contributed by atoms with Crippen molar-refractivity contribution in [3.8, 4) is 5.88 Å². The Labute approximate surface area is 185 Å². The highest BCUT2D eigenvalue weighted by molar-refractivity contribution is 5.93. The first-order valence-corrected chi connectivity index (χ1v) is 10.7. The predicted molar refractivity (Wildman–Crippen MR) is 122 cm³/mol. The van der Waals surface area contributed by atoms with E-state index in [9.17, 15) is 19.8 Å². The maximum absolute atomic E-state index is 13.1. The fourth-order valence-corrected chi connectivity index (χ4v) is 4.40. The van der Waals surface area contributed by atoms with Crippen LogP contribution in [0.3, 0.4) is 0 Å². The molecule has 0 saturated heterocycles. The SMILES string of the molecule is COc1nc2c(cc1N1CCCc3ccccc31)c(=O)c(C(=O)O)cn2[C@H](CO)C(C)C. The first kappa shape index (κ1) is 21.8. The third kappa shape index (κ3) is 3.60. The molecule has 0 bridgehead atoms. The van der Waals surface area contributed by atoms with Crippen molar-refractivity contribution in [1.82, 2.24) is 9.55 Å². The highest BCUT2D eigenvalue weighted by Crippen LogP contribution is 2.39. The number of nitrogens with zero attached hydrogens (tertiary/aromatic N) is 3. The Morgan fingerprint density at radius 1 is 1.25 bits per heavy atom. The first-order chi connectivity index (χ1) is 15.4. The zero-order valence-corrected chi connectivity index (χ0v) is 18.4. The summed E-state index contributed by atoms with van der Waals surface area (Å²) in [4.78, 5) is 31.7. The number of carboxylic acid groups (broad SMARTS) is 1. The molecule has 1 atom stereocenters. The minimum Gasteiger partial charge on any atom is -0.479 e. The van der Waals surface area contributed by atoms with Crippen LogP contribution in [0.4, 0.5) is 11.4 Å². The number of hydrogen-bond acceptors (Lipinski definition) is 6. The Balaban J connectivity index is 2.03. The quantitative estimate of drug-likeness (QED) is 0.609. The van der Waals surface area contributed by atoms with Gasteiger partial charge < -0.3 is 24.4 Å². The fraction of sp³-hybridized carbons (Fsp3) is 0.375. The Hall–Kier alpha value is -3.39. The molecule has 0 amide bonds. The number of ether oxygens (including phenoxy) is 1. The zero-order valence-electron chi connectivity index (χ0n) is 18.4. The largest absolute Gasteiger partial charge is 0.479 e. The van der Waals surface area contributed by atoms with Gasteiger partial charge in [0.2, 0.25) is 11.3 Å². The van der Waals surface area contributed by atoms with E-state index in [1.165, 1.54) is 18.9 Å². The molecule has 0 radical (unpaired) electrons. The molecule has 3 heterocycles. The number of fused-ring (bicyclic) bond motifs is 2. The molecule has 0 unspecified atom stereocenters. The molecule has 168 valence electrons. The molecule has 1 aliphatic rings. The van der Waals surface area contributed by atoms with E-state index < -0.39 is 17.4 Å². The third-order valence-corrected chi connectivity index (χ3v) is 6.09. The van der Waals surface area contributed by atoms with Crippen LogP contribution in [0.15, 0.2) is 41.3 Å². The molecule has 8 heteroatoms. The highest BCUT2D eigenvalue weighted by atomic mass is 16.5. The van der Waals surface area contributed by atoms with Gasteiger partial charge in [-0.1, -0.05) is 32.0 Å². The summed E-state index contributed by atoms with van der Waals surface area (Å²) in [5, 5.41) is 19.8. The van der Waals surface area contributed by atoms with Crippen molar-refractivity contribution in [3.63, 3.8) is 0 Å². The molecule has 0 fully saturated rings. The smallest absolute Gasteiger partial charge is 0.341 e. The molecule has 2 aromatic heterocycles.